The van der Waals surface area contributed by atoms with Crippen molar-refractivity contribution >= 4 is 22.7 Å². The molecule has 8 heteroatoms. The molecule has 3 aromatic heterocycles. The SMILES string of the molecule is COc1cccc(-c2nnc(SCc3cc(=O)oc4cc(C)c(C)cc34)n2Cc2ccco2)c1. The van der Waals surface area contributed by atoms with Crippen LogP contribution in [0.4, 0.5) is 0 Å². The maximum absolute atomic E-state index is 12.2. The molecule has 0 radical (unpaired) electrons. The summed E-state index contributed by atoms with van der Waals surface area (Å²) in [7, 11) is 1.64. The van der Waals surface area contributed by atoms with Gasteiger partial charge in [0.25, 0.3) is 0 Å². The molecule has 0 atom stereocenters. The molecule has 0 N–H and O–H groups in total. The van der Waals surface area contributed by atoms with Gasteiger partial charge in [0.2, 0.25) is 0 Å². The quantitative estimate of drug-likeness (QED) is 0.224. The van der Waals surface area contributed by atoms with Gasteiger partial charge in [-0.25, -0.2) is 4.79 Å². The number of aryl methyl sites for hydroxylation is 2. The number of hydrogen-bond acceptors (Lipinski definition) is 7. The Balaban J connectivity index is 1.52. The van der Waals surface area contributed by atoms with Crippen LogP contribution in [-0.2, 0) is 12.3 Å². The molecular formula is C26H23N3O4S. The number of nitrogens with zero attached hydrogens (tertiary/aromatic N) is 3. The van der Waals surface area contributed by atoms with Crippen LogP contribution in [0.15, 0.2) is 79.6 Å². The van der Waals surface area contributed by atoms with E-state index in [2.05, 4.69) is 23.2 Å². The summed E-state index contributed by atoms with van der Waals surface area (Å²) >= 11 is 1.52. The summed E-state index contributed by atoms with van der Waals surface area (Å²) < 4.78 is 18.4. The highest BCUT2D eigenvalue weighted by Gasteiger charge is 2.17. The predicted octanol–water partition coefficient (Wildman–Crippen LogP) is 5.61. The molecule has 0 spiro atoms. The normalized spacial score (nSPS) is 11.3. The van der Waals surface area contributed by atoms with E-state index >= 15 is 0 Å². The minimum absolute atomic E-state index is 0.361. The molecule has 5 rings (SSSR count). The Morgan fingerprint density at radius 3 is 2.68 bits per heavy atom. The lowest BCUT2D eigenvalue weighted by Gasteiger charge is -2.11. The van der Waals surface area contributed by atoms with Gasteiger partial charge >= 0.3 is 5.63 Å². The third-order valence-electron chi connectivity index (χ3n) is 5.74. The molecular weight excluding hydrogens is 450 g/mol. The van der Waals surface area contributed by atoms with E-state index in [0.717, 1.165) is 44.3 Å². The minimum atomic E-state index is -0.361. The van der Waals surface area contributed by atoms with Crippen LogP contribution in [0.5, 0.6) is 5.75 Å². The zero-order chi connectivity index (χ0) is 23.7. The number of fused-ring (bicyclic) bond motifs is 1. The van der Waals surface area contributed by atoms with Crippen molar-refractivity contribution in [3.05, 3.63) is 93.7 Å². The van der Waals surface area contributed by atoms with Gasteiger partial charge in [-0.1, -0.05) is 23.9 Å². The monoisotopic (exact) mass is 473 g/mol. The molecule has 0 saturated heterocycles. The summed E-state index contributed by atoms with van der Waals surface area (Å²) in [5.41, 5.74) is 4.26. The maximum Gasteiger partial charge on any atom is 0.336 e. The summed E-state index contributed by atoms with van der Waals surface area (Å²) in [6, 6.07) is 17.0. The molecule has 5 aromatic rings. The van der Waals surface area contributed by atoms with Gasteiger partial charge in [0.1, 0.15) is 17.1 Å². The number of thioether (sulfide) groups is 1. The first kappa shape index (κ1) is 22.0. The predicted molar refractivity (Wildman–Crippen MR) is 131 cm³/mol. The van der Waals surface area contributed by atoms with E-state index in [0.29, 0.717) is 23.7 Å². The average molecular weight is 474 g/mol. The van der Waals surface area contributed by atoms with Crippen molar-refractivity contribution in [2.45, 2.75) is 31.3 Å². The van der Waals surface area contributed by atoms with E-state index in [9.17, 15) is 4.79 Å². The Bertz CT molecular complexity index is 1520. The first-order chi connectivity index (χ1) is 16.5. The molecule has 172 valence electrons. The Labute approximate surface area is 200 Å². The number of rotatable bonds is 7. The Hall–Kier alpha value is -3.78. The lowest BCUT2D eigenvalue weighted by atomic mass is 10.0. The van der Waals surface area contributed by atoms with Crippen molar-refractivity contribution in [2.24, 2.45) is 0 Å². The summed E-state index contributed by atoms with van der Waals surface area (Å²) in [6.45, 7) is 4.54. The maximum atomic E-state index is 12.2. The van der Waals surface area contributed by atoms with E-state index in [1.54, 1.807) is 19.4 Å². The molecule has 0 bridgehead atoms. The van der Waals surface area contributed by atoms with Crippen LogP contribution in [-0.4, -0.2) is 21.9 Å². The van der Waals surface area contributed by atoms with E-state index in [-0.39, 0.29) is 5.63 Å². The molecule has 7 nitrogen and oxygen atoms in total. The Kier molecular flexibility index (Phi) is 5.98. The zero-order valence-corrected chi connectivity index (χ0v) is 19.9. The first-order valence-electron chi connectivity index (χ1n) is 10.8. The molecule has 0 unspecified atom stereocenters. The van der Waals surface area contributed by atoms with E-state index < -0.39 is 0 Å². The molecule has 2 aromatic carbocycles. The lowest BCUT2D eigenvalue weighted by molar-refractivity contribution is 0.415. The van der Waals surface area contributed by atoms with Gasteiger partial charge in [-0.2, -0.15) is 0 Å². The third kappa shape index (κ3) is 4.36. The van der Waals surface area contributed by atoms with E-state index in [1.807, 2.05) is 54.0 Å². The fourth-order valence-corrected chi connectivity index (χ4v) is 4.75. The topological polar surface area (TPSA) is 83.3 Å². The van der Waals surface area contributed by atoms with Crippen molar-refractivity contribution in [1.82, 2.24) is 14.8 Å². The third-order valence-corrected chi connectivity index (χ3v) is 6.76. The van der Waals surface area contributed by atoms with E-state index in [1.165, 1.54) is 11.8 Å². The molecule has 3 heterocycles. The van der Waals surface area contributed by atoms with E-state index in [4.69, 9.17) is 13.6 Å². The van der Waals surface area contributed by atoms with Gasteiger partial charge in [-0.15, -0.1) is 10.2 Å². The summed E-state index contributed by atoms with van der Waals surface area (Å²) in [6.07, 6.45) is 1.65. The molecule has 0 aliphatic heterocycles. The number of benzene rings is 2. The highest BCUT2D eigenvalue weighted by atomic mass is 32.2. The number of methoxy groups -OCH3 is 1. The van der Waals surface area contributed by atoms with Gasteiger partial charge in [-0.05, 0) is 66.9 Å². The summed E-state index contributed by atoms with van der Waals surface area (Å²) in [4.78, 5) is 12.2. The average Bonchev–Trinajstić information content (AvgIpc) is 3.49. The second-order valence-corrected chi connectivity index (χ2v) is 8.96. The minimum Gasteiger partial charge on any atom is -0.497 e. The van der Waals surface area contributed by atoms with Gasteiger partial charge in [0, 0.05) is 22.8 Å². The zero-order valence-electron chi connectivity index (χ0n) is 19.1. The van der Waals surface area contributed by atoms with Crippen LogP contribution in [0.3, 0.4) is 0 Å². The molecule has 0 fully saturated rings. The van der Waals surface area contributed by atoms with Crippen LogP contribution in [0.25, 0.3) is 22.4 Å². The van der Waals surface area contributed by atoms with Crippen molar-refractivity contribution in [3.63, 3.8) is 0 Å². The van der Waals surface area contributed by atoms with Gasteiger partial charge in [-0.3, -0.25) is 4.57 Å². The van der Waals surface area contributed by atoms with Gasteiger partial charge in [0.15, 0.2) is 11.0 Å². The van der Waals surface area contributed by atoms with Crippen LogP contribution in [0.2, 0.25) is 0 Å². The van der Waals surface area contributed by atoms with Gasteiger partial charge < -0.3 is 13.6 Å². The first-order valence-corrected chi connectivity index (χ1v) is 11.8. The molecule has 34 heavy (non-hydrogen) atoms. The molecule has 0 aliphatic rings. The standard InChI is InChI=1S/C26H23N3O4S/c1-16-10-22-19(13-24(30)33-23(22)11-17(16)2)15-34-26-28-27-25(18-6-4-7-20(12-18)31-3)29(26)14-21-8-5-9-32-21/h4-13H,14-15H2,1-3H3. The summed E-state index contributed by atoms with van der Waals surface area (Å²) in [5.74, 6) is 2.79. The lowest BCUT2D eigenvalue weighted by Crippen LogP contribution is -2.04. The second kappa shape index (κ2) is 9.23. The van der Waals surface area contributed by atoms with Crippen LogP contribution in [0, 0.1) is 13.8 Å². The van der Waals surface area contributed by atoms with Crippen molar-refractivity contribution in [3.8, 4) is 17.1 Å². The highest BCUT2D eigenvalue weighted by Crippen LogP contribution is 2.31. The van der Waals surface area contributed by atoms with Crippen molar-refractivity contribution < 1.29 is 13.6 Å². The molecule has 0 aliphatic carbocycles. The second-order valence-electron chi connectivity index (χ2n) is 8.02. The van der Waals surface area contributed by atoms with Crippen molar-refractivity contribution in [2.75, 3.05) is 7.11 Å². The molecule has 0 saturated carbocycles. The van der Waals surface area contributed by atoms with Gasteiger partial charge in [0.05, 0.1) is 19.9 Å². The number of ether oxygens (including phenoxy) is 1. The number of furan rings is 1. The number of aromatic nitrogens is 3. The Morgan fingerprint density at radius 2 is 1.88 bits per heavy atom. The van der Waals surface area contributed by atoms with Crippen LogP contribution < -0.4 is 10.4 Å². The number of hydrogen-bond donors (Lipinski definition) is 0. The smallest absolute Gasteiger partial charge is 0.336 e. The van der Waals surface area contributed by atoms with Crippen LogP contribution in [0.1, 0.15) is 22.5 Å². The highest BCUT2D eigenvalue weighted by molar-refractivity contribution is 7.98. The molecule has 0 amide bonds. The fourth-order valence-electron chi connectivity index (χ4n) is 3.82. The Morgan fingerprint density at radius 1 is 1.03 bits per heavy atom. The fraction of sp³-hybridized carbons (Fsp3) is 0.192. The summed E-state index contributed by atoms with van der Waals surface area (Å²) in [5, 5.41) is 10.6. The largest absolute Gasteiger partial charge is 0.497 e. The van der Waals surface area contributed by atoms with Crippen LogP contribution >= 0.6 is 11.8 Å². The van der Waals surface area contributed by atoms with Crippen molar-refractivity contribution in [1.29, 1.82) is 0 Å².